The largest absolute Gasteiger partial charge is 0.506 e. The molecule has 0 aliphatic heterocycles. The lowest BCUT2D eigenvalue weighted by Gasteiger charge is -2.22. The Bertz CT molecular complexity index is 951. The topological polar surface area (TPSA) is 74.1 Å². The Morgan fingerprint density at radius 1 is 1.33 bits per heavy atom. The highest BCUT2D eigenvalue weighted by Crippen LogP contribution is 2.34. The molecule has 9 heteroatoms. The molecule has 0 saturated heterocycles. The summed E-state index contributed by atoms with van der Waals surface area (Å²) < 4.78 is 43.2. The SMILES string of the molecule is Cc1cc(Cl)cc(N)c1SNC(Cc1c[nH]c2c(O)cccc12)C(F)(F)F. The van der Waals surface area contributed by atoms with E-state index in [1.54, 1.807) is 25.1 Å². The van der Waals surface area contributed by atoms with Gasteiger partial charge in [0.1, 0.15) is 11.8 Å². The van der Waals surface area contributed by atoms with Crippen molar-refractivity contribution in [1.29, 1.82) is 0 Å². The number of hydrogen-bond donors (Lipinski definition) is 4. The Labute approximate surface area is 163 Å². The van der Waals surface area contributed by atoms with Gasteiger partial charge in [0.05, 0.1) is 5.52 Å². The van der Waals surface area contributed by atoms with Crippen molar-refractivity contribution in [2.24, 2.45) is 0 Å². The van der Waals surface area contributed by atoms with Gasteiger partial charge >= 0.3 is 6.18 Å². The summed E-state index contributed by atoms with van der Waals surface area (Å²) in [6.07, 6.45) is -3.29. The molecule has 0 aliphatic carbocycles. The lowest BCUT2D eigenvalue weighted by molar-refractivity contribution is -0.150. The van der Waals surface area contributed by atoms with Crippen LogP contribution in [0.25, 0.3) is 10.9 Å². The molecule has 3 aromatic rings. The van der Waals surface area contributed by atoms with E-state index in [1.165, 1.54) is 18.3 Å². The monoisotopic (exact) mass is 415 g/mol. The number of nitrogens with two attached hydrogens (primary N) is 1. The fraction of sp³-hybridized carbons (Fsp3) is 0.222. The van der Waals surface area contributed by atoms with E-state index in [0.717, 1.165) is 11.9 Å². The van der Waals surface area contributed by atoms with Crippen molar-refractivity contribution in [3.05, 3.63) is 52.7 Å². The number of para-hydroxylation sites is 1. The first-order chi connectivity index (χ1) is 12.7. The Kier molecular flexibility index (Phi) is 5.50. The average Bonchev–Trinajstić information content (AvgIpc) is 2.96. The fourth-order valence-corrected chi connectivity index (χ4v) is 3.99. The summed E-state index contributed by atoms with van der Waals surface area (Å²) in [6.45, 7) is 1.73. The van der Waals surface area contributed by atoms with Gasteiger partial charge in [-0.15, -0.1) is 0 Å². The number of aromatic amines is 1. The highest BCUT2D eigenvalue weighted by Gasteiger charge is 2.40. The Hall–Kier alpha value is -2.03. The number of aromatic nitrogens is 1. The van der Waals surface area contributed by atoms with Crippen molar-refractivity contribution in [2.45, 2.75) is 30.5 Å². The first-order valence-corrected chi connectivity index (χ1v) is 9.19. The smallest absolute Gasteiger partial charge is 0.405 e. The molecular formula is C18H17ClF3N3OS. The van der Waals surface area contributed by atoms with E-state index >= 15 is 0 Å². The van der Waals surface area contributed by atoms with Crippen LogP contribution >= 0.6 is 23.5 Å². The van der Waals surface area contributed by atoms with Crippen LogP contribution in [-0.4, -0.2) is 22.3 Å². The molecule has 1 aromatic heterocycles. The molecule has 0 bridgehead atoms. The van der Waals surface area contributed by atoms with E-state index in [4.69, 9.17) is 17.3 Å². The minimum Gasteiger partial charge on any atom is -0.506 e. The molecule has 1 unspecified atom stereocenters. The number of H-pyrrole nitrogens is 1. The summed E-state index contributed by atoms with van der Waals surface area (Å²) >= 11 is 6.74. The normalized spacial score (nSPS) is 13.2. The summed E-state index contributed by atoms with van der Waals surface area (Å²) in [6, 6.07) is 6.08. The van der Waals surface area contributed by atoms with Gasteiger partial charge in [0, 0.05) is 27.2 Å². The van der Waals surface area contributed by atoms with Crippen LogP contribution in [0.15, 0.2) is 41.4 Å². The maximum absolute atomic E-state index is 13.6. The Morgan fingerprint density at radius 2 is 2.07 bits per heavy atom. The molecule has 0 saturated carbocycles. The lowest BCUT2D eigenvalue weighted by Crippen LogP contribution is -2.40. The number of aromatic hydroxyl groups is 1. The highest BCUT2D eigenvalue weighted by atomic mass is 35.5. The lowest BCUT2D eigenvalue weighted by atomic mass is 10.1. The van der Waals surface area contributed by atoms with E-state index < -0.39 is 12.2 Å². The second-order valence-corrected chi connectivity index (χ2v) is 7.46. The third-order valence-corrected chi connectivity index (χ3v) is 5.55. The van der Waals surface area contributed by atoms with Crippen LogP contribution < -0.4 is 10.5 Å². The molecule has 0 radical (unpaired) electrons. The molecule has 0 amide bonds. The van der Waals surface area contributed by atoms with E-state index in [-0.39, 0.29) is 12.2 Å². The van der Waals surface area contributed by atoms with Crippen LogP contribution in [0.1, 0.15) is 11.1 Å². The maximum atomic E-state index is 13.6. The zero-order valence-corrected chi connectivity index (χ0v) is 15.8. The number of rotatable bonds is 5. The molecule has 0 fully saturated rings. The molecule has 4 nitrogen and oxygen atoms in total. The molecule has 5 N–H and O–H groups in total. The van der Waals surface area contributed by atoms with Crippen molar-refractivity contribution in [3.8, 4) is 5.75 Å². The Morgan fingerprint density at radius 3 is 2.74 bits per heavy atom. The van der Waals surface area contributed by atoms with Crippen LogP contribution in [0, 0.1) is 6.92 Å². The second-order valence-electron chi connectivity index (χ2n) is 6.17. The minimum absolute atomic E-state index is 0.00537. The number of anilines is 1. The zero-order chi connectivity index (χ0) is 19.8. The maximum Gasteiger partial charge on any atom is 0.405 e. The summed E-state index contributed by atoms with van der Waals surface area (Å²) in [5.74, 6) is -0.00537. The molecule has 27 heavy (non-hydrogen) atoms. The van der Waals surface area contributed by atoms with Gasteiger partial charge in [0.15, 0.2) is 0 Å². The van der Waals surface area contributed by atoms with Crippen molar-refractivity contribution >= 4 is 40.1 Å². The second kappa shape index (κ2) is 7.53. The van der Waals surface area contributed by atoms with Crippen molar-refractivity contribution in [2.75, 3.05) is 5.73 Å². The molecule has 0 spiro atoms. The van der Waals surface area contributed by atoms with E-state index in [0.29, 0.717) is 37.6 Å². The molecule has 144 valence electrons. The quantitative estimate of drug-likeness (QED) is 0.342. The number of fused-ring (bicyclic) bond motifs is 1. The van der Waals surface area contributed by atoms with E-state index in [9.17, 15) is 18.3 Å². The number of aryl methyl sites for hydroxylation is 1. The van der Waals surface area contributed by atoms with Gasteiger partial charge in [-0.3, -0.25) is 0 Å². The first kappa shape index (κ1) is 19.7. The molecular weight excluding hydrogens is 399 g/mol. The highest BCUT2D eigenvalue weighted by molar-refractivity contribution is 7.97. The average molecular weight is 416 g/mol. The fourth-order valence-electron chi connectivity index (χ4n) is 2.83. The van der Waals surface area contributed by atoms with Gasteiger partial charge in [0.2, 0.25) is 0 Å². The van der Waals surface area contributed by atoms with Gasteiger partial charge in [0.25, 0.3) is 0 Å². The van der Waals surface area contributed by atoms with Crippen LogP contribution in [-0.2, 0) is 6.42 Å². The number of halogens is 4. The number of phenolic OH excluding ortho intramolecular Hbond substituents is 1. The number of nitrogens with one attached hydrogen (secondary N) is 2. The standard InChI is InChI=1S/C18H17ClF3N3OS/c1-9-5-11(19)7-13(23)17(9)27-25-15(18(20,21)22)6-10-8-24-16-12(10)3-2-4-14(16)26/h2-5,7-8,15,24-26H,6,23H2,1H3. The van der Waals surface area contributed by atoms with Crippen LogP contribution in [0.5, 0.6) is 5.75 Å². The summed E-state index contributed by atoms with van der Waals surface area (Å²) in [5, 5.41) is 10.8. The molecule has 1 heterocycles. The summed E-state index contributed by atoms with van der Waals surface area (Å²) in [7, 11) is 0. The molecule has 2 aromatic carbocycles. The van der Waals surface area contributed by atoms with Gasteiger partial charge in [-0.1, -0.05) is 23.7 Å². The molecule has 3 rings (SSSR count). The third kappa shape index (κ3) is 4.28. The van der Waals surface area contributed by atoms with Gasteiger partial charge in [-0.05, 0) is 54.6 Å². The van der Waals surface area contributed by atoms with E-state index in [1.807, 2.05) is 0 Å². The van der Waals surface area contributed by atoms with Gasteiger partial charge in [-0.2, -0.15) is 13.2 Å². The first-order valence-electron chi connectivity index (χ1n) is 7.99. The number of nitrogen functional groups attached to an aromatic ring is 1. The molecule has 0 aliphatic rings. The van der Waals surface area contributed by atoms with Crippen molar-refractivity contribution in [1.82, 2.24) is 9.71 Å². The third-order valence-electron chi connectivity index (χ3n) is 4.17. The van der Waals surface area contributed by atoms with Crippen molar-refractivity contribution < 1.29 is 18.3 Å². The predicted molar refractivity (Wildman–Crippen MR) is 103 cm³/mol. The minimum atomic E-state index is -4.47. The number of benzene rings is 2. The van der Waals surface area contributed by atoms with Crippen LogP contribution in [0.2, 0.25) is 5.02 Å². The van der Waals surface area contributed by atoms with Gasteiger partial charge in [-0.25, -0.2) is 4.72 Å². The number of alkyl halides is 3. The molecule has 1 atom stereocenters. The number of hydrogen-bond acceptors (Lipinski definition) is 4. The van der Waals surface area contributed by atoms with Crippen molar-refractivity contribution in [3.63, 3.8) is 0 Å². The Balaban J connectivity index is 1.84. The predicted octanol–water partition coefficient (Wildman–Crippen LogP) is 5.19. The van der Waals surface area contributed by atoms with Crippen LogP contribution in [0.3, 0.4) is 0 Å². The number of phenols is 1. The van der Waals surface area contributed by atoms with Crippen LogP contribution in [0.4, 0.5) is 18.9 Å². The summed E-state index contributed by atoms with van der Waals surface area (Å²) in [5.41, 5.74) is 7.76. The summed E-state index contributed by atoms with van der Waals surface area (Å²) in [4.78, 5) is 3.33. The van der Waals surface area contributed by atoms with E-state index in [2.05, 4.69) is 9.71 Å². The zero-order valence-electron chi connectivity index (χ0n) is 14.2. The van der Waals surface area contributed by atoms with Gasteiger partial charge < -0.3 is 15.8 Å².